The van der Waals surface area contributed by atoms with Gasteiger partial charge in [0.2, 0.25) is 5.91 Å². The minimum absolute atomic E-state index is 0.174. The number of alkyl halides is 3. The van der Waals surface area contributed by atoms with E-state index in [4.69, 9.17) is 4.74 Å². The van der Waals surface area contributed by atoms with Crippen molar-refractivity contribution in [2.45, 2.75) is 43.1 Å². The molecule has 2 aromatic carbocycles. The van der Waals surface area contributed by atoms with E-state index in [0.717, 1.165) is 22.3 Å². The molecule has 1 heterocycles. The summed E-state index contributed by atoms with van der Waals surface area (Å²) in [5, 5.41) is 21.0. The molecule has 186 valence electrons. The number of nitrogens with one attached hydrogen (secondary N) is 1. The number of rotatable bonds is 6. The number of aliphatic hydroxyl groups excluding tert-OH is 1. The topological polar surface area (TPSA) is 116 Å². The number of carboxylic acids is 1. The van der Waals surface area contributed by atoms with Crippen LogP contribution < -0.4 is 5.32 Å². The number of amides is 2. The van der Waals surface area contributed by atoms with E-state index in [1.165, 1.54) is 0 Å². The van der Waals surface area contributed by atoms with Gasteiger partial charge in [0.1, 0.15) is 18.7 Å². The molecule has 2 aliphatic rings. The molecule has 8 nitrogen and oxygen atoms in total. The van der Waals surface area contributed by atoms with E-state index in [1.54, 1.807) is 0 Å². The van der Waals surface area contributed by atoms with Gasteiger partial charge in [-0.3, -0.25) is 4.79 Å². The molecule has 2 amide bonds. The number of alkyl carbamates (subject to hydrolysis) is 1. The summed E-state index contributed by atoms with van der Waals surface area (Å²) in [7, 11) is 0. The van der Waals surface area contributed by atoms with E-state index >= 15 is 0 Å². The lowest BCUT2D eigenvalue weighted by atomic mass is 9.98. The van der Waals surface area contributed by atoms with E-state index in [1.807, 2.05) is 53.8 Å². The van der Waals surface area contributed by atoms with E-state index in [9.17, 15) is 37.8 Å². The second-order valence-electron chi connectivity index (χ2n) is 8.58. The predicted molar refractivity (Wildman–Crippen MR) is 116 cm³/mol. The minimum atomic E-state index is -4.83. The molecule has 0 aromatic heterocycles. The fourth-order valence-corrected chi connectivity index (χ4v) is 4.71. The standard InChI is InChI=1S/C24H23F3N2O6/c25-24(26,27)10-19(21(31)29-11-13(30)9-20(29)22(32)33)28-23(34)35-12-18-16-7-3-1-5-14(16)15-6-2-4-8-17(15)18/h1-8,13,18-20,30H,9-12H2,(H,28,34)(H,32,33)/t13-,19?,20-/m1/s1. The summed E-state index contributed by atoms with van der Waals surface area (Å²) >= 11 is 0. The Hall–Kier alpha value is -3.60. The Morgan fingerprint density at radius 2 is 1.63 bits per heavy atom. The number of aliphatic carboxylic acids is 1. The van der Waals surface area contributed by atoms with Crippen LogP contribution in [0.1, 0.15) is 29.9 Å². The SMILES string of the molecule is O=C(NC(CC(F)(F)F)C(=O)N1C[C@H](O)C[C@@H]1C(=O)O)OCC1c2ccccc2-c2ccccc21. The number of fused-ring (bicyclic) bond motifs is 3. The number of β-amino-alcohol motifs (C(OH)–C–C–N with tert-alkyl or cyclic N) is 1. The van der Waals surface area contributed by atoms with Crippen LogP contribution in [0.4, 0.5) is 18.0 Å². The van der Waals surface area contributed by atoms with Gasteiger partial charge in [-0.05, 0) is 22.3 Å². The third-order valence-electron chi connectivity index (χ3n) is 6.22. The molecule has 1 aliphatic heterocycles. The van der Waals surface area contributed by atoms with Crippen molar-refractivity contribution in [2.75, 3.05) is 13.2 Å². The van der Waals surface area contributed by atoms with Crippen molar-refractivity contribution in [3.05, 3.63) is 59.7 Å². The first kappa shape index (κ1) is 24.5. The van der Waals surface area contributed by atoms with E-state index in [2.05, 4.69) is 0 Å². The highest BCUT2D eigenvalue weighted by molar-refractivity contribution is 5.90. The van der Waals surface area contributed by atoms with Gasteiger partial charge in [-0.25, -0.2) is 9.59 Å². The molecule has 1 aliphatic carbocycles. The number of carboxylic acid groups (broad SMARTS) is 1. The number of carbonyl (C=O) groups is 3. The molecule has 35 heavy (non-hydrogen) atoms. The van der Waals surface area contributed by atoms with Gasteiger partial charge >= 0.3 is 18.2 Å². The zero-order chi connectivity index (χ0) is 25.3. The average Bonchev–Trinajstić information content (AvgIpc) is 3.34. The third-order valence-corrected chi connectivity index (χ3v) is 6.22. The Balaban J connectivity index is 1.47. The highest BCUT2D eigenvalue weighted by Gasteiger charge is 2.45. The summed E-state index contributed by atoms with van der Waals surface area (Å²) < 4.78 is 44.7. The summed E-state index contributed by atoms with van der Waals surface area (Å²) in [5.74, 6) is -3.04. The van der Waals surface area contributed by atoms with Crippen LogP contribution in [0.5, 0.6) is 0 Å². The number of hydrogen-bond acceptors (Lipinski definition) is 5. The summed E-state index contributed by atoms with van der Waals surface area (Å²) in [6.45, 7) is -0.622. The van der Waals surface area contributed by atoms with Crippen LogP contribution in [-0.2, 0) is 14.3 Å². The van der Waals surface area contributed by atoms with Gasteiger partial charge in [0.15, 0.2) is 0 Å². The molecule has 0 bridgehead atoms. The molecular weight excluding hydrogens is 469 g/mol. The molecule has 11 heteroatoms. The Morgan fingerprint density at radius 3 is 2.17 bits per heavy atom. The molecule has 1 unspecified atom stereocenters. The number of likely N-dealkylation sites (tertiary alicyclic amines) is 1. The maximum atomic E-state index is 13.2. The van der Waals surface area contributed by atoms with Gasteiger partial charge in [-0.1, -0.05) is 48.5 Å². The summed E-state index contributed by atoms with van der Waals surface area (Å²) in [4.78, 5) is 37.3. The van der Waals surface area contributed by atoms with E-state index < -0.39 is 55.3 Å². The van der Waals surface area contributed by atoms with E-state index in [-0.39, 0.29) is 18.9 Å². The Bertz CT molecular complexity index is 1090. The molecular formula is C24H23F3N2O6. The first-order valence-corrected chi connectivity index (χ1v) is 10.9. The lowest BCUT2D eigenvalue weighted by Gasteiger charge is -2.27. The fraction of sp³-hybridized carbons (Fsp3) is 0.375. The largest absolute Gasteiger partial charge is 0.480 e. The number of nitrogens with zero attached hydrogens (tertiary/aromatic N) is 1. The van der Waals surface area contributed by atoms with Crippen LogP contribution >= 0.6 is 0 Å². The molecule has 4 rings (SSSR count). The molecule has 0 spiro atoms. The van der Waals surface area contributed by atoms with E-state index in [0.29, 0.717) is 4.90 Å². The van der Waals surface area contributed by atoms with Crippen LogP contribution in [-0.4, -0.2) is 70.6 Å². The van der Waals surface area contributed by atoms with Crippen molar-refractivity contribution in [1.29, 1.82) is 0 Å². The normalized spacial score (nSPS) is 20.2. The minimum Gasteiger partial charge on any atom is -0.480 e. The second-order valence-corrected chi connectivity index (χ2v) is 8.58. The van der Waals surface area contributed by atoms with Crippen molar-refractivity contribution in [1.82, 2.24) is 10.2 Å². The van der Waals surface area contributed by atoms with Gasteiger partial charge in [-0.15, -0.1) is 0 Å². The van der Waals surface area contributed by atoms with Crippen molar-refractivity contribution >= 4 is 18.0 Å². The molecule has 2 aromatic rings. The van der Waals surface area contributed by atoms with Gasteiger partial charge in [0.05, 0.1) is 12.5 Å². The number of halogens is 3. The first-order valence-electron chi connectivity index (χ1n) is 10.9. The highest BCUT2D eigenvalue weighted by Crippen LogP contribution is 2.44. The molecule has 1 fully saturated rings. The van der Waals surface area contributed by atoms with Gasteiger partial charge in [0, 0.05) is 18.9 Å². The summed E-state index contributed by atoms with van der Waals surface area (Å²) in [5.41, 5.74) is 3.74. The lowest BCUT2D eigenvalue weighted by molar-refractivity contribution is -0.158. The van der Waals surface area contributed by atoms with Gasteiger partial charge in [-0.2, -0.15) is 13.2 Å². The van der Waals surface area contributed by atoms with Crippen LogP contribution in [0.3, 0.4) is 0 Å². The molecule has 1 saturated heterocycles. The fourth-order valence-electron chi connectivity index (χ4n) is 4.71. The Kier molecular flexibility index (Phi) is 6.70. The quantitative estimate of drug-likeness (QED) is 0.571. The van der Waals surface area contributed by atoms with Crippen LogP contribution in [0.15, 0.2) is 48.5 Å². The van der Waals surface area contributed by atoms with Crippen molar-refractivity contribution in [3.8, 4) is 11.1 Å². The van der Waals surface area contributed by atoms with Crippen molar-refractivity contribution in [2.24, 2.45) is 0 Å². The second kappa shape index (κ2) is 9.57. The molecule has 3 N–H and O–H groups in total. The maximum absolute atomic E-state index is 13.2. The van der Waals surface area contributed by atoms with Crippen molar-refractivity contribution < 1.29 is 42.5 Å². The molecule has 3 atom stereocenters. The summed E-state index contributed by atoms with van der Waals surface area (Å²) in [6, 6.07) is 11.4. The molecule has 0 saturated carbocycles. The van der Waals surface area contributed by atoms with Crippen LogP contribution in [0.25, 0.3) is 11.1 Å². The predicted octanol–water partition coefficient (Wildman–Crippen LogP) is 2.89. The van der Waals surface area contributed by atoms with Crippen LogP contribution in [0.2, 0.25) is 0 Å². The zero-order valence-corrected chi connectivity index (χ0v) is 18.4. The zero-order valence-electron chi connectivity index (χ0n) is 18.4. The van der Waals surface area contributed by atoms with Crippen molar-refractivity contribution in [3.63, 3.8) is 0 Å². The Morgan fingerprint density at radius 1 is 1.06 bits per heavy atom. The Labute approximate surface area is 198 Å². The third kappa shape index (κ3) is 5.24. The van der Waals surface area contributed by atoms with Crippen LogP contribution in [0, 0.1) is 0 Å². The monoisotopic (exact) mass is 492 g/mol. The first-order chi connectivity index (χ1) is 16.5. The number of carbonyl (C=O) groups excluding carboxylic acids is 2. The van der Waals surface area contributed by atoms with Gasteiger partial charge < -0.3 is 25.2 Å². The number of aliphatic hydroxyl groups is 1. The number of benzene rings is 2. The number of ether oxygens (including phenoxy) is 1. The number of hydrogen-bond donors (Lipinski definition) is 3. The molecule has 0 radical (unpaired) electrons. The summed E-state index contributed by atoms with van der Waals surface area (Å²) in [6.07, 6.45) is -9.28. The smallest absolute Gasteiger partial charge is 0.407 e. The lowest BCUT2D eigenvalue weighted by Crippen LogP contribution is -2.53. The average molecular weight is 492 g/mol. The van der Waals surface area contributed by atoms with Gasteiger partial charge in [0.25, 0.3) is 0 Å². The maximum Gasteiger partial charge on any atom is 0.407 e. The highest BCUT2D eigenvalue weighted by atomic mass is 19.4.